The maximum Gasteiger partial charge on any atom is 0.220 e. The molecule has 2 aromatic rings. The highest BCUT2D eigenvalue weighted by molar-refractivity contribution is 5.76. The number of halogens is 2. The summed E-state index contributed by atoms with van der Waals surface area (Å²) in [7, 11) is 0. The highest BCUT2D eigenvalue weighted by Gasteiger charge is 2.44. The van der Waals surface area contributed by atoms with E-state index in [9.17, 15) is 13.6 Å². The summed E-state index contributed by atoms with van der Waals surface area (Å²) in [5.74, 6) is -1.79. The number of aryl methyl sites for hydroxylation is 1. The van der Waals surface area contributed by atoms with Crippen LogP contribution in [0.5, 0.6) is 0 Å². The van der Waals surface area contributed by atoms with Crippen LogP contribution >= 0.6 is 0 Å². The molecule has 2 nitrogen and oxygen atoms in total. The summed E-state index contributed by atoms with van der Waals surface area (Å²) in [5, 5.41) is 2.97. The number of rotatable bonds is 6. The van der Waals surface area contributed by atoms with Gasteiger partial charge < -0.3 is 5.32 Å². The molecular formula is C19H19F2NO. The molecule has 0 spiro atoms. The van der Waals surface area contributed by atoms with E-state index in [0.717, 1.165) is 25.0 Å². The van der Waals surface area contributed by atoms with Gasteiger partial charge in [0.05, 0.1) is 0 Å². The smallest absolute Gasteiger partial charge is 0.220 e. The first-order chi connectivity index (χ1) is 11.1. The minimum Gasteiger partial charge on any atom is -0.355 e. The van der Waals surface area contributed by atoms with Crippen LogP contribution in [0.2, 0.25) is 0 Å². The van der Waals surface area contributed by atoms with Crippen LogP contribution in [0.1, 0.15) is 30.4 Å². The number of carbonyl (C=O) groups excluding carboxylic acids is 1. The largest absolute Gasteiger partial charge is 0.355 e. The molecule has 1 aliphatic carbocycles. The predicted molar refractivity (Wildman–Crippen MR) is 85.0 cm³/mol. The molecule has 0 saturated heterocycles. The van der Waals surface area contributed by atoms with Gasteiger partial charge >= 0.3 is 0 Å². The van der Waals surface area contributed by atoms with Crippen LogP contribution < -0.4 is 5.32 Å². The van der Waals surface area contributed by atoms with E-state index in [-0.39, 0.29) is 17.7 Å². The summed E-state index contributed by atoms with van der Waals surface area (Å²) < 4.78 is 26.0. The van der Waals surface area contributed by atoms with Gasteiger partial charge in [-0.05, 0) is 42.5 Å². The van der Waals surface area contributed by atoms with Crippen LogP contribution in [0.4, 0.5) is 8.78 Å². The fourth-order valence-corrected chi connectivity index (χ4v) is 2.82. The third kappa shape index (κ3) is 3.76. The van der Waals surface area contributed by atoms with Gasteiger partial charge in [0, 0.05) is 18.4 Å². The van der Waals surface area contributed by atoms with E-state index in [0.29, 0.717) is 18.5 Å². The first kappa shape index (κ1) is 15.7. The van der Waals surface area contributed by atoms with Crippen molar-refractivity contribution in [2.75, 3.05) is 6.54 Å². The lowest BCUT2D eigenvalue weighted by Crippen LogP contribution is -2.32. The lowest BCUT2D eigenvalue weighted by Gasteiger charge is -2.16. The highest BCUT2D eigenvalue weighted by Crippen LogP contribution is 2.47. The minimum atomic E-state index is -0.871. The van der Waals surface area contributed by atoms with Crippen LogP contribution in [0.3, 0.4) is 0 Å². The molecule has 2 aromatic carbocycles. The topological polar surface area (TPSA) is 29.1 Å². The average molecular weight is 315 g/mol. The lowest BCUT2D eigenvalue weighted by molar-refractivity contribution is -0.121. The molecule has 0 atom stereocenters. The monoisotopic (exact) mass is 315 g/mol. The molecule has 120 valence electrons. The van der Waals surface area contributed by atoms with Crippen LogP contribution in [-0.2, 0) is 16.6 Å². The molecule has 1 N–H and O–H groups in total. The Balaban J connectivity index is 1.49. The van der Waals surface area contributed by atoms with Gasteiger partial charge in [0.1, 0.15) is 0 Å². The van der Waals surface area contributed by atoms with Crippen molar-refractivity contribution in [2.24, 2.45) is 0 Å². The number of benzene rings is 2. The molecule has 3 rings (SSSR count). The molecule has 1 aliphatic rings. The van der Waals surface area contributed by atoms with Gasteiger partial charge in [0.15, 0.2) is 11.6 Å². The van der Waals surface area contributed by atoms with E-state index in [1.54, 1.807) is 0 Å². The Morgan fingerprint density at radius 2 is 1.78 bits per heavy atom. The van der Waals surface area contributed by atoms with E-state index >= 15 is 0 Å². The zero-order chi connectivity index (χ0) is 16.3. The molecular weight excluding hydrogens is 296 g/mol. The highest BCUT2D eigenvalue weighted by atomic mass is 19.2. The SMILES string of the molecule is O=C(CCc1ccc(F)c(F)c1)NCC1(c2ccccc2)CC1. The fraction of sp³-hybridized carbons (Fsp3) is 0.316. The zero-order valence-corrected chi connectivity index (χ0v) is 12.8. The Labute approximate surface area is 134 Å². The third-order valence-electron chi connectivity index (χ3n) is 4.49. The number of amides is 1. The summed E-state index contributed by atoms with van der Waals surface area (Å²) in [5.41, 5.74) is 1.97. The maximum atomic E-state index is 13.1. The summed E-state index contributed by atoms with van der Waals surface area (Å²) in [6.45, 7) is 0.633. The quantitative estimate of drug-likeness (QED) is 0.864. The van der Waals surface area contributed by atoms with Crippen molar-refractivity contribution in [2.45, 2.75) is 31.1 Å². The molecule has 0 aliphatic heterocycles. The normalized spacial score (nSPS) is 15.2. The Hall–Kier alpha value is -2.23. The van der Waals surface area contributed by atoms with E-state index in [4.69, 9.17) is 0 Å². The van der Waals surface area contributed by atoms with E-state index in [1.807, 2.05) is 18.2 Å². The van der Waals surface area contributed by atoms with E-state index < -0.39 is 11.6 Å². The molecule has 1 saturated carbocycles. The molecule has 0 unspecified atom stereocenters. The summed E-state index contributed by atoms with van der Waals surface area (Å²) in [4.78, 5) is 12.0. The summed E-state index contributed by atoms with van der Waals surface area (Å²) in [6.07, 6.45) is 2.85. The molecule has 1 fully saturated rings. The van der Waals surface area contributed by atoms with Crippen LogP contribution in [0, 0.1) is 11.6 Å². The summed E-state index contributed by atoms with van der Waals surface area (Å²) in [6, 6.07) is 14.0. The van der Waals surface area contributed by atoms with Crippen molar-refractivity contribution in [3.05, 3.63) is 71.3 Å². The van der Waals surface area contributed by atoms with Crippen LogP contribution in [-0.4, -0.2) is 12.5 Å². The van der Waals surface area contributed by atoms with Crippen LogP contribution in [0.25, 0.3) is 0 Å². The van der Waals surface area contributed by atoms with Crippen molar-refractivity contribution in [1.82, 2.24) is 5.32 Å². The zero-order valence-electron chi connectivity index (χ0n) is 12.8. The first-order valence-corrected chi connectivity index (χ1v) is 7.85. The fourth-order valence-electron chi connectivity index (χ4n) is 2.82. The Kier molecular flexibility index (Phi) is 4.42. The lowest BCUT2D eigenvalue weighted by atomic mass is 9.96. The van der Waals surface area contributed by atoms with Crippen molar-refractivity contribution in [3.63, 3.8) is 0 Å². The molecule has 23 heavy (non-hydrogen) atoms. The van der Waals surface area contributed by atoms with Crippen LogP contribution in [0.15, 0.2) is 48.5 Å². The molecule has 1 amide bonds. The summed E-state index contributed by atoms with van der Waals surface area (Å²) >= 11 is 0. The van der Waals surface area contributed by atoms with Crippen molar-refractivity contribution in [1.29, 1.82) is 0 Å². The third-order valence-corrected chi connectivity index (χ3v) is 4.49. The Morgan fingerprint density at radius 3 is 2.43 bits per heavy atom. The Morgan fingerprint density at radius 1 is 1.04 bits per heavy atom. The first-order valence-electron chi connectivity index (χ1n) is 7.85. The van der Waals surface area contributed by atoms with Gasteiger partial charge in [-0.2, -0.15) is 0 Å². The molecule has 0 heterocycles. The van der Waals surface area contributed by atoms with Gasteiger partial charge in [0.2, 0.25) is 5.91 Å². The van der Waals surface area contributed by atoms with Crippen molar-refractivity contribution in [3.8, 4) is 0 Å². The van der Waals surface area contributed by atoms with Crippen molar-refractivity contribution >= 4 is 5.91 Å². The number of nitrogens with one attached hydrogen (secondary N) is 1. The standard InChI is InChI=1S/C19H19F2NO/c20-16-8-6-14(12-17(16)21)7-9-18(23)22-13-19(10-11-19)15-4-2-1-3-5-15/h1-6,8,12H,7,9-11,13H2,(H,22,23). The molecule has 0 aromatic heterocycles. The van der Waals surface area contributed by atoms with Gasteiger partial charge in [-0.3, -0.25) is 4.79 Å². The molecule has 0 radical (unpaired) electrons. The average Bonchev–Trinajstić information content (AvgIpc) is 3.36. The predicted octanol–water partition coefficient (Wildman–Crippen LogP) is 3.75. The van der Waals surface area contributed by atoms with E-state index in [1.165, 1.54) is 11.6 Å². The second kappa shape index (κ2) is 6.49. The minimum absolute atomic E-state index is 0.0584. The van der Waals surface area contributed by atoms with Crippen molar-refractivity contribution < 1.29 is 13.6 Å². The maximum absolute atomic E-state index is 13.1. The molecule has 4 heteroatoms. The molecule has 0 bridgehead atoms. The van der Waals surface area contributed by atoms with E-state index in [2.05, 4.69) is 17.4 Å². The second-order valence-electron chi connectivity index (χ2n) is 6.17. The van der Waals surface area contributed by atoms with Gasteiger partial charge in [-0.15, -0.1) is 0 Å². The number of hydrogen-bond acceptors (Lipinski definition) is 1. The Bertz CT molecular complexity index is 696. The van der Waals surface area contributed by atoms with Gasteiger partial charge in [0.25, 0.3) is 0 Å². The van der Waals surface area contributed by atoms with Gasteiger partial charge in [-0.1, -0.05) is 36.4 Å². The number of hydrogen-bond donors (Lipinski definition) is 1. The second-order valence-corrected chi connectivity index (χ2v) is 6.17. The van der Waals surface area contributed by atoms with Gasteiger partial charge in [-0.25, -0.2) is 8.78 Å². The number of carbonyl (C=O) groups is 1.